The first-order valence-electron chi connectivity index (χ1n) is 8.46. The van der Waals surface area contributed by atoms with Crippen LogP contribution in [0.3, 0.4) is 0 Å². The van der Waals surface area contributed by atoms with Crippen LogP contribution in [-0.4, -0.2) is 41.3 Å². The summed E-state index contributed by atoms with van der Waals surface area (Å²) in [6.07, 6.45) is 5.80. The van der Waals surface area contributed by atoms with Crippen molar-refractivity contribution >= 4 is 6.09 Å². The predicted octanol–water partition coefficient (Wildman–Crippen LogP) is 3.89. The second-order valence-corrected chi connectivity index (χ2v) is 7.09. The van der Waals surface area contributed by atoms with E-state index in [1.807, 2.05) is 43.9 Å². The molecule has 5 nitrogen and oxygen atoms in total. The lowest BCUT2D eigenvalue weighted by Gasteiger charge is -2.34. The zero-order valence-electron chi connectivity index (χ0n) is 14.5. The van der Waals surface area contributed by atoms with Gasteiger partial charge in [0.1, 0.15) is 5.60 Å². The number of hydrogen-bond donors (Lipinski definition) is 0. The second-order valence-electron chi connectivity index (χ2n) is 7.09. The quantitative estimate of drug-likeness (QED) is 0.772. The van der Waals surface area contributed by atoms with Crippen molar-refractivity contribution in [3.05, 3.63) is 24.4 Å². The van der Waals surface area contributed by atoms with Gasteiger partial charge in [-0.15, -0.1) is 0 Å². The summed E-state index contributed by atoms with van der Waals surface area (Å²) < 4.78 is 11.1. The Morgan fingerprint density at radius 2 is 2.22 bits per heavy atom. The Kier molecular flexibility index (Phi) is 6.25. The van der Waals surface area contributed by atoms with E-state index in [4.69, 9.17) is 9.47 Å². The van der Waals surface area contributed by atoms with Gasteiger partial charge in [0.2, 0.25) is 5.88 Å². The van der Waals surface area contributed by atoms with E-state index in [1.54, 1.807) is 6.20 Å². The number of carbonyl (C=O) groups excluding carboxylic acids is 1. The summed E-state index contributed by atoms with van der Waals surface area (Å²) in [5.74, 6) is 1.20. The molecule has 0 aliphatic carbocycles. The van der Waals surface area contributed by atoms with Crippen LogP contribution >= 0.6 is 0 Å². The van der Waals surface area contributed by atoms with Crippen LogP contribution in [0.2, 0.25) is 0 Å². The average molecular weight is 320 g/mol. The van der Waals surface area contributed by atoms with Crippen LogP contribution in [0.25, 0.3) is 0 Å². The molecule has 1 saturated heterocycles. The van der Waals surface area contributed by atoms with Gasteiger partial charge < -0.3 is 14.4 Å². The summed E-state index contributed by atoms with van der Waals surface area (Å²) in [5.41, 5.74) is -0.430. The second kappa shape index (κ2) is 8.18. The molecular formula is C18H28N2O3. The minimum atomic E-state index is -0.430. The zero-order valence-corrected chi connectivity index (χ0v) is 14.5. The Labute approximate surface area is 139 Å². The van der Waals surface area contributed by atoms with Crippen LogP contribution in [0.15, 0.2) is 24.4 Å². The van der Waals surface area contributed by atoms with Crippen LogP contribution in [-0.2, 0) is 4.74 Å². The lowest BCUT2D eigenvalue weighted by Crippen LogP contribution is -2.42. The van der Waals surface area contributed by atoms with Gasteiger partial charge in [0.15, 0.2) is 0 Å². The fourth-order valence-corrected chi connectivity index (χ4v) is 2.77. The van der Waals surface area contributed by atoms with E-state index in [-0.39, 0.29) is 6.09 Å². The van der Waals surface area contributed by atoms with Crippen molar-refractivity contribution in [3.63, 3.8) is 0 Å². The smallest absolute Gasteiger partial charge is 0.410 e. The third kappa shape index (κ3) is 6.47. The van der Waals surface area contributed by atoms with Crippen molar-refractivity contribution in [2.45, 2.75) is 52.1 Å². The van der Waals surface area contributed by atoms with Crippen LogP contribution < -0.4 is 4.74 Å². The molecule has 1 aromatic rings. The van der Waals surface area contributed by atoms with Crippen LogP contribution in [0.4, 0.5) is 4.79 Å². The standard InChI is InChI=1S/C18H28N2O3/c1-18(2,3)23-17(21)20-12-6-8-15(14-20)9-7-13-22-16-10-4-5-11-19-16/h4-5,10-11,15H,6-9,12-14H2,1-3H3/t15-/m1/s1. The van der Waals surface area contributed by atoms with Crippen LogP contribution in [0, 0.1) is 5.92 Å². The Morgan fingerprint density at radius 3 is 2.91 bits per heavy atom. The molecule has 2 rings (SSSR count). The van der Waals surface area contributed by atoms with Gasteiger partial charge in [-0.05, 0) is 58.4 Å². The summed E-state index contributed by atoms with van der Waals surface area (Å²) in [6.45, 7) is 7.97. The minimum Gasteiger partial charge on any atom is -0.478 e. The molecule has 1 atom stereocenters. The maximum absolute atomic E-state index is 12.1. The molecule has 1 amide bonds. The number of carbonyl (C=O) groups is 1. The number of amides is 1. The van der Waals surface area contributed by atoms with Crippen molar-refractivity contribution in [1.82, 2.24) is 9.88 Å². The lowest BCUT2D eigenvalue weighted by atomic mass is 9.94. The van der Waals surface area contributed by atoms with Gasteiger partial charge in [-0.1, -0.05) is 6.07 Å². The van der Waals surface area contributed by atoms with Gasteiger partial charge in [0.25, 0.3) is 0 Å². The number of likely N-dealkylation sites (tertiary alicyclic amines) is 1. The highest BCUT2D eigenvalue weighted by Gasteiger charge is 2.27. The summed E-state index contributed by atoms with van der Waals surface area (Å²) >= 11 is 0. The molecule has 0 radical (unpaired) electrons. The Balaban J connectivity index is 1.68. The normalized spacial score (nSPS) is 18.6. The lowest BCUT2D eigenvalue weighted by molar-refractivity contribution is 0.0159. The van der Waals surface area contributed by atoms with Gasteiger partial charge >= 0.3 is 6.09 Å². The first kappa shape index (κ1) is 17.6. The van der Waals surface area contributed by atoms with Crippen molar-refractivity contribution in [3.8, 4) is 5.88 Å². The number of rotatable bonds is 5. The molecule has 0 aromatic carbocycles. The van der Waals surface area contributed by atoms with Gasteiger partial charge in [-0.2, -0.15) is 0 Å². The number of pyridine rings is 1. The molecule has 0 N–H and O–H groups in total. The third-order valence-electron chi connectivity index (χ3n) is 3.82. The maximum Gasteiger partial charge on any atom is 0.410 e. The van der Waals surface area contributed by atoms with Gasteiger partial charge in [-0.25, -0.2) is 9.78 Å². The number of hydrogen-bond acceptors (Lipinski definition) is 4. The average Bonchev–Trinajstić information content (AvgIpc) is 2.51. The SMILES string of the molecule is CC(C)(C)OC(=O)N1CCC[C@H](CCCOc2ccccn2)C1. The molecule has 128 valence electrons. The van der Waals surface area contributed by atoms with Crippen molar-refractivity contribution in [1.29, 1.82) is 0 Å². The van der Waals surface area contributed by atoms with Gasteiger partial charge in [-0.3, -0.25) is 0 Å². The van der Waals surface area contributed by atoms with E-state index in [1.165, 1.54) is 6.42 Å². The molecule has 23 heavy (non-hydrogen) atoms. The molecule has 1 aliphatic heterocycles. The fraction of sp³-hybridized carbons (Fsp3) is 0.667. The van der Waals surface area contributed by atoms with Crippen molar-refractivity contribution in [2.24, 2.45) is 5.92 Å². The van der Waals surface area contributed by atoms with Gasteiger partial charge in [0.05, 0.1) is 6.61 Å². The van der Waals surface area contributed by atoms with Crippen LogP contribution in [0.1, 0.15) is 46.5 Å². The Bertz CT molecular complexity index is 485. The number of piperidine rings is 1. The molecule has 2 heterocycles. The summed E-state index contributed by atoms with van der Waals surface area (Å²) in [6, 6.07) is 5.66. The van der Waals surface area contributed by atoms with E-state index in [2.05, 4.69) is 4.98 Å². The monoisotopic (exact) mass is 320 g/mol. The molecule has 0 bridgehead atoms. The number of aromatic nitrogens is 1. The molecule has 1 aromatic heterocycles. The molecule has 0 unspecified atom stereocenters. The number of nitrogens with zero attached hydrogens (tertiary/aromatic N) is 2. The van der Waals surface area contributed by atoms with E-state index in [0.29, 0.717) is 18.4 Å². The van der Waals surface area contributed by atoms with E-state index in [9.17, 15) is 4.79 Å². The van der Waals surface area contributed by atoms with E-state index in [0.717, 1.165) is 32.4 Å². The Hall–Kier alpha value is -1.78. The predicted molar refractivity (Wildman–Crippen MR) is 89.5 cm³/mol. The number of ether oxygens (including phenoxy) is 2. The molecule has 1 aliphatic rings. The van der Waals surface area contributed by atoms with Crippen LogP contribution in [0.5, 0.6) is 5.88 Å². The maximum atomic E-state index is 12.1. The fourth-order valence-electron chi connectivity index (χ4n) is 2.77. The van der Waals surface area contributed by atoms with E-state index >= 15 is 0 Å². The molecular weight excluding hydrogens is 292 g/mol. The summed E-state index contributed by atoms with van der Waals surface area (Å²) in [7, 11) is 0. The van der Waals surface area contributed by atoms with Crippen molar-refractivity contribution < 1.29 is 14.3 Å². The summed E-state index contributed by atoms with van der Waals surface area (Å²) in [5, 5.41) is 0. The Morgan fingerprint density at radius 1 is 1.39 bits per heavy atom. The van der Waals surface area contributed by atoms with Gasteiger partial charge in [0, 0.05) is 25.4 Å². The first-order valence-corrected chi connectivity index (χ1v) is 8.46. The highest BCUT2D eigenvalue weighted by Crippen LogP contribution is 2.23. The topological polar surface area (TPSA) is 51.7 Å². The van der Waals surface area contributed by atoms with Crippen molar-refractivity contribution in [2.75, 3.05) is 19.7 Å². The molecule has 1 fully saturated rings. The molecule has 5 heteroatoms. The largest absolute Gasteiger partial charge is 0.478 e. The molecule has 0 spiro atoms. The zero-order chi connectivity index (χ0) is 16.7. The first-order chi connectivity index (χ1) is 10.9. The minimum absolute atomic E-state index is 0.188. The highest BCUT2D eigenvalue weighted by atomic mass is 16.6. The third-order valence-corrected chi connectivity index (χ3v) is 3.82. The van der Waals surface area contributed by atoms with E-state index < -0.39 is 5.60 Å². The molecule has 0 saturated carbocycles. The summed E-state index contributed by atoms with van der Waals surface area (Å²) in [4.78, 5) is 18.1. The highest BCUT2D eigenvalue weighted by molar-refractivity contribution is 5.68.